The summed E-state index contributed by atoms with van der Waals surface area (Å²) < 4.78 is 1.53. The van der Waals surface area contributed by atoms with E-state index in [1.54, 1.807) is 18.5 Å². The maximum atomic E-state index is 12.8. The van der Waals surface area contributed by atoms with Gasteiger partial charge >= 0.3 is 0 Å². The van der Waals surface area contributed by atoms with Crippen LogP contribution in [0.3, 0.4) is 0 Å². The molecule has 2 aromatic heterocycles. The molecule has 7 nitrogen and oxygen atoms in total. The summed E-state index contributed by atoms with van der Waals surface area (Å²) in [4.78, 5) is 25.3. The van der Waals surface area contributed by atoms with Crippen molar-refractivity contribution in [3.63, 3.8) is 0 Å². The Bertz CT molecular complexity index is 1110. The molecule has 0 atom stereocenters. The van der Waals surface area contributed by atoms with Crippen molar-refractivity contribution in [3.05, 3.63) is 72.3 Å². The molecule has 1 aliphatic heterocycles. The van der Waals surface area contributed by atoms with E-state index in [0.29, 0.717) is 18.9 Å². The zero-order chi connectivity index (χ0) is 18.9. The molecular formula is C21H20N6O. The number of hydrogen-bond acceptors (Lipinski definition) is 5. The molecule has 28 heavy (non-hydrogen) atoms. The molecule has 140 valence electrons. The van der Waals surface area contributed by atoms with Crippen molar-refractivity contribution < 1.29 is 4.79 Å². The lowest BCUT2D eigenvalue weighted by Crippen LogP contribution is -2.48. The summed E-state index contributed by atoms with van der Waals surface area (Å²) in [6, 6.07) is 16.7. The first kappa shape index (κ1) is 16.8. The van der Waals surface area contributed by atoms with E-state index in [2.05, 4.69) is 62.4 Å². The predicted molar refractivity (Wildman–Crippen MR) is 106 cm³/mol. The monoisotopic (exact) mass is 372 g/mol. The third kappa shape index (κ3) is 3.10. The number of hydrogen-bond donors (Lipinski definition) is 0. The summed E-state index contributed by atoms with van der Waals surface area (Å²) in [7, 11) is 0. The molecule has 1 aliphatic rings. The molecule has 3 heterocycles. The number of nitrogens with zero attached hydrogens (tertiary/aromatic N) is 6. The third-order valence-corrected chi connectivity index (χ3v) is 5.24. The Kier molecular flexibility index (Phi) is 4.21. The Hall–Kier alpha value is -3.32. The van der Waals surface area contributed by atoms with Gasteiger partial charge in [0.05, 0.1) is 0 Å². The summed E-state index contributed by atoms with van der Waals surface area (Å²) in [5, 5.41) is 6.81. The maximum Gasteiger partial charge on any atom is 0.293 e. The number of aromatic nitrogens is 4. The summed E-state index contributed by atoms with van der Waals surface area (Å²) in [6.45, 7) is 3.90. The zero-order valence-electron chi connectivity index (χ0n) is 15.4. The molecule has 0 spiro atoms. The number of rotatable bonds is 3. The molecule has 0 unspecified atom stereocenters. The number of amides is 1. The molecule has 1 saturated heterocycles. The van der Waals surface area contributed by atoms with Crippen LogP contribution in [0.15, 0.2) is 60.9 Å². The zero-order valence-corrected chi connectivity index (χ0v) is 15.4. The van der Waals surface area contributed by atoms with E-state index in [1.807, 2.05) is 4.90 Å². The van der Waals surface area contributed by atoms with Crippen LogP contribution in [0.25, 0.3) is 16.6 Å². The fourth-order valence-corrected chi connectivity index (χ4v) is 3.75. The second-order valence-electron chi connectivity index (χ2n) is 7.01. The average molecular weight is 372 g/mol. The molecule has 1 fully saturated rings. The van der Waals surface area contributed by atoms with Crippen LogP contribution in [0.2, 0.25) is 0 Å². The van der Waals surface area contributed by atoms with E-state index in [-0.39, 0.29) is 11.7 Å². The van der Waals surface area contributed by atoms with Gasteiger partial charge in [-0.3, -0.25) is 9.69 Å². The minimum absolute atomic E-state index is 0.129. The van der Waals surface area contributed by atoms with E-state index in [1.165, 1.54) is 20.9 Å². The summed E-state index contributed by atoms with van der Waals surface area (Å²) in [6.07, 6.45) is 3.39. The predicted octanol–water partition coefficient (Wildman–Crippen LogP) is 2.24. The molecule has 0 N–H and O–H groups in total. The number of carbonyl (C=O) groups excluding carboxylic acids is 1. The topological polar surface area (TPSA) is 66.6 Å². The first-order valence-corrected chi connectivity index (χ1v) is 9.43. The highest BCUT2D eigenvalue weighted by molar-refractivity contribution is 5.91. The standard InChI is InChI=1S/C21H20N6O/c28-20(19-23-21-22-9-4-10-27(21)24-19)26-13-11-25(12-14-26)15-17-7-3-6-16-5-1-2-8-18(16)17/h1-10H,11-15H2. The van der Waals surface area contributed by atoms with E-state index in [4.69, 9.17) is 0 Å². The van der Waals surface area contributed by atoms with Crippen molar-refractivity contribution >= 4 is 22.5 Å². The molecule has 0 radical (unpaired) electrons. The molecule has 5 rings (SSSR count). The Morgan fingerprint density at radius 2 is 1.79 bits per heavy atom. The molecule has 2 aromatic carbocycles. The van der Waals surface area contributed by atoms with Crippen molar-refractivity contribution in [1.29, 1.82) is 0 Å². The van der Waals surface area contributed by atoms with Crippen molar-refractivity contribution in [1.82, 2.24) is 29.4 Å². The van der Waals surface area contributed by atoms with Crippen molar-refractivity contribution in [2.75, 3.05) is 26.2 Å². The van der Waals surface area contributed by atoms with Gasteiger partial charge in [-0.15, -0.1) is 5.10 Å². The summed E-state index contributed by atoms with van der Waals surface area (Å²) in [5.41, 5.74) is 1.32. The Morgan fingerprint density at radius 3 is 2.64 bits per heavy atom. The highest BCUT2D eigenvalue weighted by Crippen LogP contribution is 2.20. The van der Waals surface area contributed by atoms with Crippen LogP contribution < -0.4 is 0 Å². The number of fused-ring (bicyclic) bond motifs is 2. The molecule has 4 aromatic rings. The maximum absolute atomic E-state index is 12.8. The molecule has 0 saturated carbocycles. The molecule has 0 aliphatic carbocycles. The molecular weight excluding hydrogens is 352 g/mol. The van der Waals surface area contributed by atoms with Gasteiger partial charge in [-0.25, -0.2) is 9.50 Å². The van der Waals surface area contributed by atoms with E-state index < -0.39 is 0 Å². The van der Waals surface area contributed by atoms with Gasteiger partial charge in [0, 0.05) is 45.1 Å². The van der Waals surface area contributed by atoms with Crippen LogP contribution in [0, 0.1) is 0 Å². The van der Waals surface area contributed by atoms with Gasteiger partial charge in [0.15, 0.2) is 0 Å². The Morgan fingerprint density at radius 1 is 0.964 bits per heavy atom. The van der Waals surface area contributed by atoms with Crippen LogP contribution in [-0.4, -0.2) is 61.5 Å². The van der Waals surface area contributed by atoms with Crippen LogP contribution in [-0.2, 0) is 6.54 Å². The van der Waals surface area contributed by atoms with E-state index >= 15 is 0 Å². The Balaban J connectivity index is 1.26. The minimum Gasteiger partial charge on any atom is -0.333 e. The van der Waals surface area contributed by atoms with Gasteiger partial charge in [-0.2, -0.15) is 4.98 Å². The Labute approximate surface area is 162 Å². The van der Waals surface area contributed by atoms with Gasteiger partial charge in [-0.1, -0.05) is 42.5 Å². The van der Waals surface area contributed by atoms with Crippen LogP contribution in [0.4, 0.5) is 0 Å². The van der Waals surface area contributed by atoms with Gasteiger partial charge in [0.2, 0.25) is 5.82 Å². The largest absolute Gasteiger partial charge is 0.333 e. The first-order valence-electron chi connectivity index (χ1n) is 9.43. The van der Waals surface area contributed by atoms with E-state index in [0.717, 1.165) is 19.6 Å². The van der Waals surface area contributed by atoms with Gasteiger partial charge < -0.3 is 4.90 Å². The quantitative estimate of drug-likeness (QED) is 0.552. The fraction of sp³-hybridized carbons (Fsp3) is 0.238. The van der Waals surface area contributed by atoms with E-state index in [9.17, 15) is 4.79 Å². The molecule has 1 amide bonds. The fourth-order valence-electron chi connectivity index (χ4n) is 3.75. The summed E-state index contributed by atoms with van der Waals surface area (Å²) in [5.74, 6) is 0.525. The smallest absolute Gasteiger partial charge is 0.293 e. The number of carbonyl (C=O) groups is 1. The second-order valence-corrected chi connectivity index (χ2v) is 7.01. The second kappa shape index (κ2) is 7.01. The van der Waals surface area contributed by atoms with Gasteiger partial charge in [0.25, 0.3) is 11.7 Å². The first-order chi connectivity index (χ1) is 13.8. The summed E-state index contributed by atoms with van der Waals surface area (Å²) >= 11 is 0. The SMILES string of the molecule is O=C(c1nc2ncccn2n1)N1CCN(Cc2cccc3ccccc23)CC1. The lowest BCUT2D eigenvalue weighted by atomic mass is 10.0. The van der Waals surface area contributed by atoms with Crippen LogP contribution in [0.5, 0.6) is 0 Å². The molecule has 0 bridgehead atoms. The molecule has 7 heteroatoms. The highest BCUT2D eigenvalue weighted by Gasteiger charge is 2.25. The van der Waals surface area contributed by atoms with Crippen LogP contribution >= 0.6 is 0 Å². The average Bonchev–Trinajstić information content (AvgIpc) is 3.18. The van der Waals surface area contributed by atoms with Crippen molar-refractivity contribution in [3.8, 4) is 0 Å². The highest BCUT2D eigenvalue weighted by atomic mass is 16.2. The number of piperazine rings is 1. The third-order valence-electron chi connectivity index (χ3n) is 5.24. The normalized spacial score (nSPS) is 15.4. The lowest BCUT2D eigenvalue weighted by Gasteiger charge is -2.34. The van der Waals surface area contributed by atoms with Gasteiger partial charge in [-0.05, 0) is 22.4 Å². The number of benzene rings is 2. The lowest BCUT2D eigenvalue weighted by molar-refractivity contribution is 0.0617. The van der Waals surface area contributed by atoms with Crippen LogP contribution in [0.1, 0.15) is 16.2 Å². The van der Waals surface area contributed by atoms with Gasteiger partial charge in [0.1, 0.15) is 0 Å². The van der Waals surface area contributed by atoms with Crippen molar-refractivity contribution in [2.45, 2.75) is 6.54 Å². The minimum atomic E-state index is -0.129. The van der Waals surface area contributed by atoms with Crippen molar-refractivity contribution in [2.24, 2.45) is 0 Å².